The topological polar surface area (TPSA) is 66.8 Å². The van der Waals surface area contributed by atoms with Gasteiger partial charge in [-0.25, -0.2) is 0 Å². The second kappa shape index (κ2) is 5.18. The normalized spacial score (nSPS) is 11.7. The summed E-state index contributed by atoms with van der Waals surface area (Å²) in [5.41, 5.74) is 0. The van der Waals surface area contributed by atoms with Crippen LogP contribution in [-0.2, 0) is 10.3 Å². The smallest absolute Gasteiger partial charge is 0.385 e. The number of hydrogen-bond acceptors (Lipinski definition) is 4. The van der Waals surface area contributed by atoms with E-state index in [-0.39, 0.29) is 11.5 Å². The highest BCUT2D eigenvalue weighted by molar-refractivity contribution is 7.84. The largest absolute Gasteiger partial charge is 0.504 e. The highest BCUT2D eigenvalue weighted by Crippen LogP contribution is 2.26. The van der Waals surface area contributed by atoms with Crippen molar-refractivity contribution >= 4 is 10.3 Å². The molecule has 1 aromatic rings. The predicted octanol–water partition coefficient (Wildman–Crippen LogP) is 1.36. The van der Waals surface area contributed by atoms with Gasteiger partial charge in [0, 0.05) is 13.1 Å². The third-order valence-electron chi connectivity index (χ3n) is 2.08. The molecule has 0 unspecified atom stereocenters. The van der Waals surface area contributed by atoms with E-state index >= 15 is 0 Å². The number of hydrogen-bond donors (Lipinski definition) is 1. The monoisotopic (exact) mass is 245 g/mol. The lowest BCUT2D eigenvalue weighted by Gasteiger charge is -2.18. The summed E-state index contributed by atoms with van der Waals surface area (Å²) in [5.74, 6) is -0.257. The lowest BCUT2D eigenvalue weighted by Crippen LogP contribution is -2.34. The standard InChI is InChI=1S/C10H15NO4S/c1-3-11(4-2)16(13,14)15-10-8-6-5-7-9(10)12/h5-8,12H,3-4H2,1-2H3. The zero-order valence-corrected chi connectivity index (χ0v) is 10.1. The van der Waals surface area contributed by atoms with Gasteiger partial charge < -0.3 is 9.29 Å². The van der Waals surface area contributed by atoms with E-state index in [1.54, 1.807) is 26.0 Å². The van der Waals surface area contributed by atoms with Crippen molar-refractivity contribution in [3.8, 4) is 11.5 Å². The van der Waals surface area contributed by atoms with E-state index in [4.69, 9.17) is 4.18 Å². The molecule has 0 aliphatic heterocycles. The van der Waals surface area contributed by atoms with Crippen LogP contribution in [0, 0.1) is 0 Å². The molecule has 1 rings (SSSR count). The summed E-state index contributed by atoms with van der Waals surface area (Å²) in [5, 5.41) is 9.39. The van der Waals surface area contributed by atoms with E-state index < -0.39 is 10.3 Å². The molecule has 0 radical (unpaired) electrons. The minimum atomic E-state index is -3.82. The quantitative estimate of drug-likeness (QED) is 0.850. The van der Waals surface area contributed by atoms with Crippen LogP contribution >= 0.6 is 0 Å². The maximum Gasteiger partial charge on any atom is 0.385 e. The molecule has 0 bridgehead atoms. The fraction of sp³-hybridized carbons (Fsp3) is 0.400. The molecule has 0 atom stereocenters. The fourth-order valence-electron chi connectivity index (χ4n) is 1.23. The van der Waals surface area contributed by atoms with Gasteiger partial charge in [0.25, 0.3) is 0 Å². The average molecular weight is 245 g/mol. The Hall–Kier alpha value is -1.27. The first kappa shape index (κ1) is 12.8. The van der Waals surface area contributed by atoms with E-state index in [9.17, 15) is 13.5 Å². The van der Waals surface area contributed by atoms with Gasteiger partial charge in [-0.1, -0.05) is 26.0 Å². The Morgan fingerprint density at radius 3 is 2.31 bits per heavy atom. The SMILES string of the molecule is CCN(CC)S(=O)(=O)Oc1ccccc1O. The number of para-hydroxylation sites is 2. The summed E-state index contributed by atoms with van der Waals surface area (Å²) in [4.78, 5) is 0. The molecule has 1 aromatic carbocycles. The number of rotatable bonds is 5. The van der Waals surface area contributed by atoms with Crippen LogP contribution in [0.3, 0.4) is 0 Å². The van der Waals surface area contributed by atoms with Crippen LogP contribution in [0.2, 0.25) is 0 Å². The minimum absolute atomic E-state index is 0.0607. The zero-order valence-electron chi connectivity index (χ0n) is 9.25. The lowest BCUT2D eigenvalue weighted by molar-refractivity contribution is 0.365. The van der Waals surface area contributed by atoms with Gasteiger partial charge in [-0.2, -0.15) is 12.7 Å². The second-order valence-electron chi connectivity index (χ2n) is 3.09. The lowest BCUT2D eigenvalue weighted by atomic mass is 10.3. The van der Waals surface area contributed by atoms with Crippen molar-refractivity contribution in [2.45, 2.75) is 13.8 Å². The molecule has 1 N–H and O–H groups in total. The van der Waals surface area contributed by atoms with Crippen LogP contribution in [0.25, 0.3) is 0 Å². The van der Waals surface area contributed by atoms with Crippen molar-refractivity contribution in [2.75, 3.05) is 13.1 Å². The molecule has 0 spiro atoms. The molecule has 0 amide bonds. The van der Waals surface area contributed by atoms with Gasteiger partial charge in [0.05, 0.1) is 0 Å². The van der Waals surface area contributed by atoms with Crippen molar-refractivity contribution < 1.29 is 17.7 Å². The first-order valence-electron chi connectivity index (χ1n) is 4.98. The summed E-state index contributed by atoms with van der Waals surface area (Å²) in [6.07, 6.45) is 0. The van der Waals surface area contributed by atoms with E-state index in [1.807, 2.05) is 0 Å². The third-order valence-corrected chi connectivity index (χ3v) is 3.62. The molecule has 16 heavy (non-hydrogen) atoms. The van der Waals surface area contributed by atoms with Gasteiger partial charge in [-0.05, 0) is 12.1 Å². The molecule has 0 saturated carbocycles. The Labute approximate surface area is 95.5 Å². The summed E-state index contributed by atoms with van der Waals surface area (Å²) < 4.78 is 29.4. The first-order chi connectivity index (χ1) is 7.51. The number of phenolic OH excluding ortho intramolecular Hbond substituents is 1. The molecular weight excluding hydrogens is 230 g/mol. The van der Waals surface area contributed by atoms with Gasteiger partial charge in [0.1, 0.15) is 0 Å². The Morgan fingerprint density at radius 1 is 1.25 bits per heavy atom. The second-order valence-corrected chi connectivity index (χ2v) is 4.63. The average Bonchev–Trinajstić information content (AvgIpc) is 2.22. The Morgan fingerprint density at radius 2 is 1.81 bits per heavy atom. The highest BCUT2D eigenvalue weighted by Gasteiger charge is 2.21. The van der Waals surface area contributed by atoms with E-state index in [2.05, 4.69) is 0 Å². The molecule has 0 saturated heterocycles. The molecule has 90 valence electrons. The van der Waals surface area contributed by atoms with Crippen LogP contribution in [-0.4, -0.2) is 30.9 Å². The molecule has 0 heterocycles. The molecule has 0 aliphatic carbocycles. The van der Waals surface area contributed by atoms with Crippen LogP contribution in [0.1, 0.15) is 13.8 Å². The third kappa shape index (κ3) is 2.86. The maximum absolute atomic E-state index is 11.7. The summed E-state index contributed by atoms with van der Waals surface area (Å²) in [6.45, 7) is 4.09. The van der Waals surface area contributed by atoms with Crippen molar-refractivity contribution in [3.63, 3.8) is 0 Å². The molecule has 0 fully saturated rings. The van der Waals surface area contributed by atoms with Gasteiger partial charge >= 0.3 is 10.3 Å². The maximum atomic E-state index is 11.7. The molecule has 0 aromatic heterocycles. The van der Waals surface area contributed by atoms with Crippen molar-refractivity contribution in [1.29, 1.82) is 0 Å². The molecule has 0 aliphatic rings. The van der Waals surface area contributed by atoms with E-state index in [0.29, 0.717) is 13.1 Å². The van der Waals surface area contributed by atoms with E-state index in [1.165, 1.54) is 16.4 Å². The molecular formula is C10H15NO4S. The first-order valence-corrected chi connectivity index (χ1v) is 6.35. The van der Waals surface area contributed by atoms with Gasteiger partial charge in [0.2, 0.25) is 0 Å². The fourth-order valence-corrected chi connectivity index (χ4v) is 2.34. The molecule has 5 nitrogen and oxygen atoms in total. The van der Waals surface area contributed by atoms with Crippen LogP contribution in [0.15, 0.2) is 24.3 Å². The summed E-state index contributed by atoms with van der Waals surface area (Å²) in [6, 6.07) is 5.95. The Balaban J connectivity index is 2.93. The Bertz CT molecular complexity index is 440. The van der Waals surface area contributed by atoms with Crippen molar-refractivity contribution in [1.82, 2.24) is 4.31 Å². The minimum Gasteiger partial charge on any atom is -0.504 e. The Kier molecular flexibility index (Phi) is 4.14. The van der Waals surface area contributed by atoms with Gasteiger partial charge in [0.15, 0.2) is 11.5 Å². The number of aromatic hydroxyl groups is 1. The summed E-state index contributed by atoms with van der Waals surface area (Å²) in [7, 11) is -3.82. The van der Waals surface area contributed by atoms with Crippen LogP contribution < -0.4 is 4.18 Å². The summed E-state index contributed by atoms with van der Waals surface area (Å²) >= 11 is 0. The van der Waals surface area contributed by atoms with Crippen molar-refractivity contribution in [3.05, 3.63) is 24.3 Å². The highest BCUT2D eigenvalue weighted by atomic mass is 32.2. The molecule has 6 heteroatoms. The predicted molar refractivity (Wildman–Crippen MR) is 60.6 cm³/mol. The zero-order chi connectivity index (χ0) is 12.2. The van der Waals surface area contributed by atoms with Crippen LogP contribution in [0.4, 0.5) is 0 Å². The number of nitrogens with zero attached hydrogens (tertiary/aromatic N) is 1. The van der Waals surface area contributed by atoms with Crippen molar-refractivity contribution in [2.24, 2.45) is 0 Å². The van der Waals surface area contributed by atoms with E-state index in [0.717, 1.165) is 0 Å². The van der Waals surface area contributed by atoms with Gasteiger partial charge in [-0.15, -0.1) is 0 Å². The number of benzene rings is 1. The van der Waals surface area contributed by atoms with Crippen LogP contribution in [0.5, 0.6) is 11.5 Å². The number of phenols is 1. The van der Waals surface area contributed by atoms with Gasteiger partial charge in [-0.3, -0.25) is 0 Å².